The number of carbonyl (C=O) groups is 1. The lowest BCUT2D eigenvalue weighted by Gasteiger charge is -2.15. The second-order valence-electron chi connectivity index (χ2n) is 7.41. The molecule has 0 bridgehead atoms. The fourth-order valence-corrected chi connectivity index (χ4v) is 4.31. The van der Waals surface area contributed by atoms with Gasteiger partial charge in [-0.25, -0.2) is 0 Å². The number of rotatable bonds is 9. The lowest BCUT2D eigenvalue weighted by Crippen LogP contribution is -2.27. The van der Waals surface area contributed by atoms with Crippen LogP contribution in [0.25, 0.3) is 22.7 Å². The molecule has 0 saturated carbocycles. The summed E-state index contributed by atoms with van der Waals surface area (Å²) in [6.07, 6.45) is 3.39. The zero-order valence-electron chi connectivity index (χ0n) is 18.3. The van der Waals surface area contributed by atoms with Crippen LogP contribution in [0.3, 0.4) is 0 Å². The first-order valence-electron chi connectivity index (χ1n) is 10.3. The maximum Gasteiger partial charge on any atom is 0.233 e. The van der Waals surface area contributed by atoms with E-state index in [9.17, 15) is 4.79 Å². The van der Waals surface area contributed by atoms with E-state index in [1.165, 1.54) is 11.8 Å². The fraction of sp³-hybridized carbons (Fsp3) is 0.208. The molecule has 0 aliphatic heterocycles. The number of furan rings is 2. The summed E-state index contributed by atoms with van der Waals surface area (Å²) in [7, 11) is 1.75. The molecular weight excluding hydrogens is 460 g/mol. The molecule has 33 heavy (non-hydrogen) atoms. The highest BCUT2D eigenvalue weighted by Crippen LogP contribution is 2.28. The Kier molecular flexibility index (Phi) is 7.05. The van der Waals surface area contributed by atoms with Crippen LogP contribution in [0.15, 0.2) is 75.4 Å². The van der Waals surface area contributed by atoms with Crippen molar-refractivity contribution in [1.29, 1.82) is 0 Å². The standard InChI is InChI=1S/C24H23ClN4O3S/c1-4-12-29-23(20-11-13-31-16(20)2)26-27-24(29)33-15-22(30)28(3)14-19-9-10-21(32-19)17-5-7-18(25)8-6-17/h4-11,13H,1,12,14-15H2,2-3H3. The van der Waals surface area contributed by atoms with Crippen molar-refractivity contribution in [3.05, 3.63) is 77.9 Å². The molecule has 0 saturated heterocycles. The summed E-state index contributed by atoms with van der Waals surface area (Å²) >= 11 is 7.29. The van der Waals surface area contributed by atoms with Crippen LogP contribution in [0.5, 0.6) is 0 Å². The molecule has 3 heterocycles. The SMILES string of the molecule is C=CCn1c(SCC(=O)N(C)Cc2ccc(-c3ccc(Cl)cc3)o2)nnc1-c1ccoc1C. The average Bonchev–Trinajstić information content (AvgIpc) is 3.53. The summed E-state index contributed by atoms with van der Waals surface area (Å²) in [4.78, 5) is 14.4. The minimum atomic E-state index is -0.0429. The van der Waals surface area contributed by atoms with E-state index >= 15 is 0 Å². The van der Waals surface area contributed by atoms with E-state index in [1.807, 2.05) is 54.0 Å². The lowest BCUT2D eigenvalue weighted by atomic mass is 10.2. The van der Waals surface area contributed by atoms with Gasteiger partial charge in [0, 0.05) is 24.2 Å². The van der Waals surface area contributed by atoms with Gasteiger partial charge in [-0.15, -0.1) is 16.8 Å². The largest absolute Gasteiger partial charge is 0.469 e. The molecule has 0 aliphatic carbocycles. The van der Waals surface area contributed by atoms with Crippen LogP contribution in [0.2, 0.25) is 5.02 Å². The third kappa shape index (κ3) is 5.23. The Hall–Kier alpha value is -3.23. The number of hydrogen-bond donors (Lipinski definition) is 0. The number of thioether (sulfide) groups is 1. The van der Waals surface area contributed by atoms with Gasteiger partial charge in [0.2, 0.25) is 5.91 Å². The van der Waals surface area contributed by atoms with Crippen LogP contribution in [-0.2, 0) is 17.9 Å². The molecule has 1 amide bonds. The molecule has 1 aromatic carbocycles. The number of aryl methyl sites for hydroxylation is 1. The number of benzene rings is 1. The van der Waals surface area contributed by atoms with Crippen molar-refractivity contribution >= 4 is 29.3 Å². The molecular formula is C24H23ClN4O3S. The van der Waals surface area contributed by atoms with Crippen LogP contribution in [0.4, 0.5) is 0 Å². The third-order valence-corrected chi connectivity index (χ3v) is 6.27. The predicted molar refractivity (Wildman–Crippen MR) is 129 cm³/mol. The first-order valence-corrected chi connectivity index (χ1v) is 11.6. The normalized spacial score (nSPS) is 11.0. The minimum absolute atomic E-state index is 0.0429. The molecule has 4 rings (SSSR count). The van der Waals surface area contributed by atoms with Crippen LogP contribution in [-0.4, -0.2) is 38.4 Å². The summed E-state index contributed by atoms with van der Waals surface area (Å²) in [5, 5.41) is 9.90. The van der Waals surface area contributed by atoms with Crippen LogP contribution in [0, 0.1) is 6.92 Å². The predicted octanol–water partition coefficient (Wildman–Crippen LogP) is 5.70. The van der Waals surface area contributed by atoms with E-state index in [0.29, 0.717) is 34.9 Å². The van der Waals surface area contributed by atoms with E-state index in [-0.39, 0.29) is 11.7 Å². The van der Waals surface area contributed by atoms with Gasteiger partial charge in [0.15, 0.2) is 11.0 Å². The van der Waals surface area contributed by atoms with Gasteiger partial charge in [-0.1, -0.05) is 29.4 Å². The maximum absolute atomic E-state index is 12.7. The number of halogens is 1. The number of nitrogens with zero attached hydrogens (tertiary/aromatic N) is 4. The average molecular weight is 483 g/mol. The van der Waals surface area contributed by atoms with Crippen molar-refractivity contribution in [2.45, 2.75) is 25.2 Å². The van der Waals surface area contributed by atoms with Crippen LogP contribution < -0.4 is 0 Å². The molecule has 0 unspecified atom stereocenters. The smallest absolute Gasteiger partial charge is 0.233 e. The van der Waals surface area contributed by atoms with Crippen molar-refractivity contribution in [3.63, 3.8) is 0 Å². The third-order valence-electron chi connectivity index (χ3n) is 5.06. The van der Waals surface area contributed by atoms with E-state index in [2.05, 4.69) is 16.8 Å². The van der Waals surface area contributed by atoms with Gasteiger partial charge < -0.3 is 13.7 Å². The summed E-state index contributed by atoms with van der Waals surface area (Å²) in [6.45, 7) is 6.59. The molecule has 170 valence electrons. The van der Waals surface area contributed by atoms with Gasteiger partial charge in [-0.05, 0) is 49.4 Å². The molecule has 4 aromatic rings. The monoisotopic (exact) mass is 482 g/mol. The van der Waals surface area contributed by atoms with Crippen molar-refractivity contribution in [2.24, 2.45) is 0 Å². The highest BCUT2D eigenvalue weighted by Gasteiger charge is 2.19. The molecule has 9 heteroatoms. The number of amides is 1. The molecule has 3 aromatic heterocycles. The zero-order valence-corrected chi connectivity index (χ0v) is 19.9. The Balaban J connectivity index is 1.39. The van der Waals surface area contributed by atoms with Gasteiger partial charge in [0.05, 0.1) is 24.1 Å². The second-order valence-corrected chi connectivity index (χ2v) is 8.79. The van der Waals surface area contributed by atoms with Gasteiger partial charge in [-0.2, -0.15) is 0 Å². The first-order chi connectivity index (χ1) is 16.0. The van der Waals surface area contributed by atoms with Crippen LogP contribution in [0.1, 0.15) is 11.5 Å². The Labute approximate surface area is 201 Å². The number of aromatic nitrogens is 3. The Morgan fingerprint density at radius 3 is 2.70 bits per heavy atom. The molecule has 0 fully saturated rings. The second kappa shape index (κ2) is 10.1. The Morgan fingerprint density at radius 1 is 1.21 bits per heavy atom. The van der Waals surface area contributed by atoms with E-state index in [1.54, 1.807) is 24.3 Å². The van der Waals surface area contributed by atoms with E-state index in [0.717, 1.165) is 22.6 Å². The highest BCUT2D eigenvalue weighted by atomic mass is 35.5. The molecule has 0 radical (unpaired) electrons. The van der Waals surface area contributed by atoms with Crippen LogP contribution >= 0.6 is 23.4 Å². The fourth-order valence-electron chi connectivity index (χ4n) is 3.30. The number of hydrogen-bond acceptors (Lipinski definition) is 6. The minimum Gasteiger partial charge on any atom is -0.469 e. The van der Waals surface area contributed by atoms with Gasteiger partial charge in [0.25, 0.3) is 0 Å². The van der Waals surface area contributed by atoms with Gasteiger partial charge >= 0.3 is 0 Å². The first kappa shape index (κ1) is 22.9. The lowest BCUT2D eigenvalue weighted by molar-refractivity contribution is -0.127. The van der Waals surface area contributed by atoms with Gasteiger partial charge in [0.1, 0.15) is 17.3 Å². The van der Waals surface area contributed by atoms with E-state index in [4.69, 9.17) is 20.4 Å². The van der Waals surface area contributed by atoms with Crippen molar-refractivity contribution < 1.29 is 13.6 Å². The molecule has 0 spiro atoms. The van der Waals surface area contributed by atoms with Crippen molar-refractivity contribution in [3.8, 4) is 22.7 Å². The summed E-state index contributed by atoms with van der Waals surface area (Å²) in [5.41, 5.74) is 1.80. The van der Waals surface area contributed by atoms with Crippen molar-refractivity contribution in [1.82, 2.24) is 19.7 Å². The van der Waals surface area contributed by atoms with E-state index < -0.39 is 0 Å². The quantitative estimate of drug-likeness (QED) is 0.225. The number of carbonyl (C=O) groups excluding carboxylic acids is 1. The zero-order chi connectivity index (χ0) is 23.4. The highest BCUT2D eigenvalue weighted by molar-refractivity contribution is 7.99. The topological polar surface area (TPSA) is 77.3 Å². The van der Waals surface area contributed by atoms with Crippen molar-refractivity contribution in [2.75, 3.05) is 12.8 Å². The molecule has 0 aliphatic rings. The Morgan fingerprint density at radius 2 is 2.00 bits per heavy atom. The Bertz CT molecular complexity index is 1260. The molecule has 0 N–H and O–H groups in total. The summed E-state index contributed by atoms with van der Waals surface area (Å²) in [6, 6.07) is 13.1. The molecule has 0 atom stereocenters. The maximum atomic E-state index is 12.7. The molecule has 7 nitrogen and oxygen atoms in total. The summed E-state index contributed by atoms with van der Waals surface area (Å²) in [5.74, 6) is 3.07. The van der Waals surface area contributed by atoms with Gasteiger partial charge in [-0.3, -0.25) is 9.36 Å². The number of allylic oxidation sites excluding steroid dienone is 1. The summed E-state index contributed by atoms with van der Waals surface area (Å²) < 4.78 is 13.2.